The maximum atomic E-state index is 12.1. The van der Waals surface area contributed by atoms with Crippen LogP contribution in [0, 0.1) is 6.92 Å². The van der Waals surface area contributed by atoms with Crippen molar-refractivity contribution in [2.45, 2.75) is 20.4 Å². The van der Waals surface area contributed by atoms with Gasteiger partial charge in [0, 0.05) is 24.3 Å². The number of hydrogen-bond donors (Lipinski definition) is 2. The molecule has 0 atom stereocenters. The minimum Gasteiger partial charge on any atom is -0.395 e. The Balaban J connectivity index is 1.56. The SMILES string of the molecule is CCN(CCO)c1ccc(/C=N\NC(=O)Cn2nnc(-c3ccccc3)n2)c(C)c1. The van der Waals surface area contributed by atoms with E-state index in [1.807, 2.05) is 62.4 Å². The van der Waals surface area contributed by atoms with Gasteiger partial charge in [0.15, 0.2) is 0 Å². The number of anilines is 1. The largest absolute Gasteiger partial charge is 0.395 e. The number of hydrazone groups is 1. The molecule has 1 heterocycles. The molecule has 0 aliphatic rings. The number of rotatable bonds is 9. The van der Waals surface area contributed by atoms with Gasteiger partial charge in [0.1, 0.15) is 6.54 Å². The minimum atomic E-state index is -0.349. The van der Waals surface area contributed by atoms with E-state index in [0.717, 1.165) is 28.9 Å². The van der Waals surface area contributed by atoms with Crippen LogP contribution in [-0.4, -0.2) is 57.1 Å². The van der Waals surface area contributed by atoms with Crippen LogP contribution in [0.5, 0.6) is 0 Å². The number of aliphatic hydroxyl groups excluding tert-OH is 1. The highest BCUT2D eigenvalue weighted by Crippen LogP contribution is 2.18. The highest BCUT2D eigenvalue weighted by Gasteiger charge is 2.09. The number of nitrogens with zero attached hydrogens (tertiary/aromatic N) is 6. The van der Waals surface area contributed by atoms with Gasteiger partial charge in [0.05, 0.1) is 12.8 Å². The number of hydrogen-bond acceptors (Lipinski definition) is 7. The van der Waals surface area contributed by atoms with Crippen LogP contribution in [0.2, 0.25) is 0 Å². The third-order valence-electron chi connectivity index (χ3n) is 4.53. The number of carbonyl (C=O) groups excluding carboxylic acids is 1. The van der Waals surface area contributed by atoms with Crippen LogP contribution in [0.1, 0.15) is 18.1 Å². The van der Waals surface area contributed by atoms with E-state index in [1.165, 1.54) is 4.80 Å². The second-order valence-electron chi connectivity index (χ2n) is 6.65. The lowest BCUT2D eigenvalue weighted by Gasteiger charge is -2.22. The molecule has 156 valence electrons. The molecular formula is C21H25N7O2. The summed E-state index contributed by atoms with van der Waals surface area (Å²) in [6, 6.07) is 15.4. The molecule has 0 spiro atoms. The van der Waals surface area contributed by atoms with E-state index < -0.39 is 0 Å². The Hall–Kier alpha value is -3.59. The molecule has 0 aliphatic carbocycles. The number of tetrazole rings is 1. The molecule has 9 heteroatoms. The van der Waals surface area contributed by atoms with Crippen LogP contribution in [0.3, 0.4) is 0 Å². The monoisotopic (exact) mass is 407 g/mol. The molecule has 2 N–H and O–H groups in total. The lowest BCUT2D eigenvalue weighted by atomic mass is 10.1. The lowest BCUT2D eigenvalue weighted by Crippen LogP contribution is -2.26. The maximum absolute atomic E-state index is 12.1. The van der Waals surface area contributed by atoms with Gasteiger partial charge < -0.3 is 10.0 Å². The number of aliphatic hydroxyl groups is 1. The molecule has 0 unspecified atom stereocenters. The summed E-state index contributed by atoms with van der Waals surface area (Å²) in [6.07, 6.45) is 1.60. The molecule has 9 nitrogen and oxygen atoms in total. The second-order valence-corrected chi connectivity index (χ2v) is 6.65. The topological polar surface area (TPSA) is 109 Å². The van der Waals surface area contributed by atoms with Crippen molar-refractivity contribution in [1.29, 1.82) is 0 Å². The summed E-state index contributed by atoms with van der Waals surface area (Å²) in [5.41, 5.74) is 6.27. The number of carbonyl (C=O) groups is 1. The summed E-state index contributed by atoms with van der Waals surface area (Å²) < 4.78 is 0. The Labute approximate surface area is 175 Å². The summed E-state index contributed by atoms with van der Waals surface area (Å²) in [4.78, 5) is 15.4. The predicted octanol–water partition coefficient (Wildman–Crippen LogP) is 1.62. The third-order valence-corrected chi connectivity index (χ3v) is 4.53. The van der Waals surface area contributed by atoms with Gasteiger partial charge in [-0.25, -0.2) is 5.43 Å². The number of aromatic nitrogens is 4. The fourth-order valence-electron chi connectivity index (χ4n) is 2.94. The van der Waals surface area contributed by atoms with Crippen LogP contribution in [0.25, 0.3) is 11.4 Å². The van der Waals surface area contributed by atoms with Crippen molar-refractivity contribution >= 4 is 17.8 Å². The fraction of sp³-hybridized carbons (Fsp3) is 0.286. The van der Waals surface area contributed by atoms with Crippen molar-refractivity contribution in [1.82, 2.24) is 25.6 Å². The first-order valence-electron chi connectivity index (χ1n) is 9.72. The van der Waals surface area contributed by atoms with Crippen LogP contribution in [0.4, 0.5) is 5.69 Å². The van der Waals surface area contributed by atoms with Crippen LogP contribution in [-0.2, 0) is 11.3 Å². The first-order valence-corrected chi connectivity index (χ1v) is 9.72. The van der Waals surface area contributed by atoms with E-state index in [0.29, 0.717) is 12.4 Å². The Morgan fingerprint density at radius 3 is 2.77 bits per heavy atom. The molecule has 0 fully saturated rings. The highest BCUT2D eigenvalue weighted by molar-refractivity contribution is 5.84. The van der Waals surface area contributed by atoms with Crippen LogP contribution < -0.4 is 10.3 Å². The highest BCUT2D eigenvalue weighted by atomic mass is 16.3. The van der Waals surface area contributed by atoms with E-state index in [1.54, 1.807) is 6.21 Å². The van der Waals surface area contributed by atoms with Gasteiger partial charge in [-0.3, -0.25) is 4.79 Å². The normalized spacial score (nSPS) is 11.0. The van der Waals surface area contributed by atoms with Crippen molar-refractivity contribution in [3.63, 3.8) is 0 Å². The number of likely N-dealkylation sites (N-methyl/N-ethyl adjacent to an activating group) is 1. The molecule has 0 radical (unpaired) electrons. The minimum absolute atomic E-state index is 0.0816. The van der Waals surface area contributed by atoms with E-state index in [2.05, 4.69) is 30.8 Å². The lowest BCUT2D eigenvalue weighted by molar-refractivity contribution is -0.122. The first kappa shape index (κ1) is 21.1. The summed E-state index contributed by atoms with van der Waals surface area (Å²) in [5.74, 6) is 0.113. The van der Waals surface area contributed by atoms with Gasteiger partial charge in [-0.15, -0.1) is 10.2 Å². The molecule has 2 aromatic carbocycles. The van der Waals surface area contributed by atoms with Gasteiger partial charge in [0.2, 0.25) is 5.82 Å². The van der Waals surface area contributed by atoms with Crippen molar-refractivity contribution in [3.8, 4) is 11.4 Å². The quantitative estimate of drug-likeness (QED) is 0.412. The molecule has 0 aliphatic heterocycles. The number of aryl methyl sites for hydroxylation is 1. The van der Waals surface area contributed by atoms with Gasteiger partial charge in [-0.05, 0) is 42.3 Å². The van der Waals surface area contributed by atoms with Crippen molar-refractivity contribution in [2.24, 2.45) is 5.10 Å². The third kappa shape index (κ3) is 5.48. The molecule has 0 bridgehead atoms. The van der Waals surface area contributed by atoms with Crippen molar-refractivity contribution < 1.29 is 9.90 Å². The smallest absolute Gasteiger partial charge is 0.263 e. The van der Waals surface area contributed by atoms with Gasteiger partial charge in [-0.2, -0.15) is 9.90 Å². The number of amides is 1. The molecule has 1 amide bonds. The average Bonchev–Trinajstić information content (AvgIpc) is 3.22. The Bertz CT molecular complexity index is 1000. The Morgan fingerprint density at radius 1 is 1.27 bits per heavy atom. The fourth-order valence-corrected chi connectivity index (χ4v) is 2.94. The zero-order valence-corrected chi connectivity index (χ0v) is 17.1. The summed E-state index contributed by atoms with van der Waals surface area (Å²) in [5, 5.41) is 25.3. The van der Waals surface area contributed by atoms with Gasteiger partial charge >= 0.3 is 0 Å². The predicted molar refractivity (Wildman–Crippen MR) is 115 cm³/mol. The summed E-state index contributed by atoms with van der Waals surface area (Å²) in [7, 11) is 0. The standard InChI is InChI=1S/C21H25N7O2/c1-3-27(11-12-29)19-10-9-18(16(2)13-19)14-22-23-20(30)15-28-25-21(24-26-28)17-7-5-4-6-8-17/h4-10,13-14,29H,3,11-12,15H2,1-2H3,(H,23,30)/b22-14-. The molecule has 30 heavy (non-hydrogen) atoms. The average molecular weight is 407 g/mol. The summed E-state index contributed by atoms with van der Waals surface area (Å²) in [6.45, 7) is 5.44. The maximum Gasteiger partial charge on any atom is 0.263 e. The van der Waals surface area contributed by atoms with E-state index in [-0.39, 0.29) is 19.1 Å². The Morgan fingerprint density at radius 2 is 2.07 bits per heavy atom. The first-order chi connectivity index (χ1) is 14.6. The number of nitrogens with one attached hydrogen (secondary N) is 1. The zero-order chi connectivity index (χ0) is 21.3. The molecule has 0 saturated carbocycles. The van der Waals surface area contributed by atoms with E-state index in [9.17, 15) is 4.79 Å². The van der Waals surface area contributed by atoms with Crippen LogP contribution in [0.15, 0.2) is 53.6 Å². The van der Waals surface area contributed by atoms with Crippen LogP contribution >= 0.6 is 0 Å². The molecule has 3 rings (SSSR count). The van der Waals surface area contributed by atoms with Gasteiger partial charge in [-0.1, -0.05) is 36.4 Å². The summed E-state index contributed by atoms with van der Waals surface area (Å²) >= 11 is 0. The number of benzene rings is 2. The van der Waals surface area contributed by atoms with Gasteiger partial charge in [0.25, 0.3) is 5.91 Å². The molecule has 3 aromatic rings. The second kappa shape index (κ2) is 10.3. The van der Waals surface area contributed by atoms with Crippen molar-refractivity contribution in [2.75, 3.05) is 24.6 Å². The zero-order valence-electron chi connectivity index (χ0n) is 17.1. The molecule has 1 aromatic heterocycles. The Kier molecular flexibility index (Phi) is 7.23. The van der Waals surface area contributed by atoms with E-state index in [4.69, 9.17) is 5.11 Å². The van der Waals surface area contributed by atoms with Crippen molar-refractivity contribution in [3.05, 3.63) is 59.7 Å². The molecular weight excluding hydrogens is 382 g/mol. The van der Waals surface area contributed by atoms with E-state index >= 15 is 0 Å². The molecule has 0 saturated heterocycles.